The zero-order valence-electron chi connectivity index (χ0n) is 11.3. The Bertz CT molecular complexity index is 370. The zero-order valence-corrected chi connectivity index (χ0v) is 11.3. The van der Waals surface area contributed by atoms with Crippen LogP contribution >= 0.6 is 0 Å². The smallest absolute Gasteiger partial charge is 0.340 e. The van der Waals surface area contributed by atoms with Crippen LogP contribution < -0.4 is 4.74 Å². The van der Waals surface area contributed by atoms with E-state index in [2.05, 4.69) is 0 Å². The average Bonchev–Trinajstić information content (AvgIpc) is 2.29. The zero-order chi connectivity index (χ0) is 13.5. The van der Waals surface area contributed by atoms with Gasteiger partial charge in [-0.2, -0.15) is 0 Å². The summed E-state index contributed by atoms with van der Waals surface area (Å²) in [5, 5.41) is 0. The molecule has 1 aromatic rings. The second-order valence-corrected chi connectivity index (χ2v) is 4.12. The van der Waals surface area contributed by atoms with Crippen LogP contribution in [0.3, 0.4) is 0 Å². The Morgan fingerprint density at radius 2 is 1.78 bits per heavy atom. The van der Waals surface area contributed by atoms with Crippen molar-refractivity contribution in [2.24, 2.45) is 0 Å². The predicted molar refractivity (Wildman–Crippen MR) is 68.7 cm³/mol. The maximum Gasteiger partial charge on any atom is 0.340 e. The van der Waals surface area contributed by atoms with Gasteiger partial charge in [-0.15, -0.1) is 0 Å². The number of carbonyl (C=O) groups is 1. The van der Waals surface area contributed by atoms with E-state index < -0.39 is 12.3 Å². The molecule has 0 fully saturated rings. The number of benzene rings is 1. The molecule has 0 aliphatic heterocycles. The number of hydrogen-bond acceptors (Lipinski definition) is 4. The highest BCUT2D eigenvalue weighted by molar-refractivity contribution is 5.89. The van der Waals surface area contributed by atoms with Crippen molar-refractivity contribution < 1.29 is 19.0 Å². The molecule has 0 aromatic heterocycles. The quantitative estimate of drug-likeness (QED) is 0.576. The van der Waals surface area contributed by atoms with Gasteiger partial charge in [-0.05, 0) is 52.0 Å². The molecule has 0 N–H and O–H groups in total. The highest BCUT2D eigenvalue weighted by Gasteiger charge is 2.11. The van der Waals surface area contributed by atoms with Crippen molar-refractivity contribution in [3.05, 3.63) is 29.8 Å². The van der Waals surface area contributed by atoms with Crippen LogP contribution in [0, 0.1) is 0 Å². The second kappa shape index (κ2) is 7.01. The van der Waals surface area contributed by atoms with E-state index in [1.807, 2.05) is 20.8 Å². The second-order valence-electron chi connectivity index (χ2n) is 4.12. The van der Waals surface area contributed by atoms with E-state index >= 15 is 0 Å². The number of hydrogen-bond donors (Lipinski definition) is 0. The van der Waals surface area contributed by atoms with E-state index in [9.17, 15) is 4.79 Å². The van der Waals surface area contributed by atoms with E-state index in [1.54, 1.807) is 31.2 Å². The van der Waals surface area contributed by atoms with Gasteiger partial charge < -0.3 is 14.2 Å². The molecule has 1 rings (SSSR count). The molecule has 4 nitrogen and oxygen atoms in total. The van der Waals surface area contributed by atoms with E-state index in [1.165, 1.54) is 0 Å². The lowest BCUT2D eigenvalue weighted by atomic mass is 10.2. The lowest BCUT2D eigenvalue weighted by Crippen LogP contribution is -2.18. The molecule has 0 spiro atoms. The summed E-state index contributed by atoms with van der Waals surface area (Å²) in [4.78, 5) is 11.7. The topological polar surface area (TPSA) is 44.8 Å². The molecule has 0 saturated carbocycles. The lowest BCUT2D eigenvalue weighted by molar-refractivity contribution is -0.0940. The largest absolute Gasteiger partial charge is 0.491 e. The molecule has 1 atom stereocenters. The van der Waals surface area contributed by atoms with Gasteiger partial charge >= 0.3 is 5.97 Å². The summed E-state index contributed by atoms with van der Waals surface area (Å²) in [5.74, 6) is 0.339. The summed E-state index contributed by atoms with van der Waals surface area (Å²) in [6, 6.07) is 6.86. The molecule has 0 radical (unpaired) electrons. The van der Waals surface area contributed by atoms with Gasteiger partial charge in [-0.1, -0.05) is 0 Å². The molecule has 0 aliphatic carbocycles. The Balaban J connectivity index is 2.59. The molecule has 100 valence electrons. The first kappa shape index (κ1) is 14.5. The molecular weight excluding hydrogens is 232 g/mol. The summed E-state index contributed by atoms with van der Waals surface area (Å²) >= 11 is 0. The minimum absolute atomic E-state index is 0.112. The number of esters is 1. The first-order chi connectivity index (χ1) is 8.52. The Labute approximate surface area is 108 Å². The van der Waals surface area contributed by atoms with E-state index in [4.69, 9.17) is 14.2 Å². The third kappa shape index (κ3) is 4.75. The predicted octanol–water partition coefficient (Wildman–Crippen LogP) is 3.01. The minimum Gasteiger partial charge on any atom is -0.491 e. The van der Waals surface area contributed by atoms with Crippen LogP contribution in [0.5, 0.6) is 5.75 Å². The maximum atomic E-state index is 11.7. The highest BCUT2D eigenvalue weighted by Crippen LogP contribution is 2.15. The molecule has 18 heavy (non-hydrogen) atoms. The summed E-state index contributed by atoms with van der Waals surface area (Å²) in [5.41, 5.74) is 0.484. The fourth-order valence-corrected chi connectivity index (χ4v) is 1.43. The van der Waals surface area contributed by atoms with E-state index in [0.29, 0.717) is 12.2 Å². The van der Waals surface area contributed by atoms with Gasteiger partial charge in [0.15, 0.2) is 6.29 Å². The molecular formula is C14H20O4. The third-order valence-corrected chi connectivity index (χ3v) is 2.14. The summed E-state index contributed by atoms with van der Waals surface area (Å²) in [6.45, 7) is 7.95. The van der Waals surface area contributed by atoms with Crippen molar-refractivity contribution in [3.63, 3.8) is 0 Å². The summed E-state index contributed by atoms with van der Waals surface area (Å²) < 4.78 is 15.7. The Hall–Kier alpha value is -1.55. The Morgan fingerprint density at radius 1 is 1.17 bits per heavy atom. The van der Waals surface area contributed by atoms with Gasteiger partial charge in [0.25, 0.3) is 0 Å². The van der Waals surface area contributed by atoms with Crippen LogP contribution in [-0.4, -0.2) is 25.0 Å². The minimum atomic E-state index is -0.533. The summed E-state index contributed by atoms with van der Waals surface area (Å²) in [7, 11) is 0. The molecule has 4 heteroatoms. The van der Waals surface area contributed by atoms with Gasteiger partial charge in [0.05, 0.1) is 11.7 Å². The maximum absolute atomic E-state index is 11.7. The molecule has 1 unspecified atom stereocenters. The van der Waals surface area contributed by atoms with E-state index in [-0.39, 0.29) is 6.10 Å². The van der Waals surface area contributed by atoms with Gasteiger partial charge in [0, 0.05) is 6.61 Å². The standard InChI is InChI=1S/C14H20O4/c1-5-16-11(4)18-14(15)12-6-8-13(9-7-12)17-10(2)3/h6-11H,5H2,1-4H3. The van der Waals surface area contributed by atoms with Gasteiger partial charge in [0.1, 0.15) is 5.75 Å². The SMILES string of the molecule is CCOC(C)OC(=O)c1ccc(OC(C)C)cc1. The van der Waals surface area contributed by atoms with Crippen LogP contribution in [0.4, 0.5) is 0 Å². The van der Waals surface area contributed by atoms with Crippen molar-refractivity contribution in [1.29, 1.82) is 0 Å². The van der Waals surface area contributed by atoms with E-state index in [0.717, 1.165) is 5.75 Å². The van der Waals surface area contributed by atoms with Crippen molar-refractivity contribution >= 4 is 5.97 Å². The van der Waals surface area contributed by atoms with Crippen LogP contribution in [0.25, 0.3) is 0 Å². The highest BCUT2D eigenvalue weighted by atomic mass is 16.7. The Kier molecular flexibility index (Phi) is 5.65. The van der Waals surface area contributed by atoms with Crippen molar-refractivity contribution in [2.75, 3.05) is 6.61 Å². The molecule has 1 aromatic carbocycles. The number of carbonyl (C=O) groups excluding carboxylic acids is 1. The van der Waals surface area contributed by atoms with Crippen LogP contribution in [0.15, 0.2) is 24.3 Å². The van der Waals surface area contributed by atoms with Gasteiger partial charge in [-0.25, -0.2) is 4.79 Å². The van der Waals surface area contributed by atoms with Crippen molar-refractivity contribution in [3.8, 4) is 5.75 Å². The monoisotopic (exact) mass is 252 g/mol. The van der Waals surface area contributed by atoms with Crippen molar-refractivity contribution in [2.45, 2.75) is 40.1 Å². The number of rotatable bonds is 6. The molecule has 0 heterocycles. The number of ether oxygens (including phenoxy) is 3. The third-order valence-electron chi connectivity index (χ3n) is 2.14. The fourth-order valence-electron chi connectivity index (χ4n) is 1.43. The first-order valence-electron chi connectivity index (χ1n) is 6.12. The van der Waals surface area contributed by atoms with Gasteiger partial charge in [0.2, 0.25) is 0 Å². The van der Waals surface area contributed by atoms with Crippen LogP contribution in [0.1, 0.15) is 38.1 Å². The van der Waals surface area contributed by atoms with Crippen molar-refractivity contribution in [1.82, 2.24) is 0 Å². The first-order valence-corrected chi connectivity index (χ1v) is 6.12. The summed E-state index contributed by atoms with van der Waals surface area (Å²) in [6.07, 6.45) is -0.421. The lowest BCUT2D eigenvalue weighted by Gasteiger charge is -2.13. The van der Waals surface area contributed by atoms with Gasteiger partial charge in [-0.3, -0.25) is 0 Å². The normalized spacial score (nSPS) is 12.3. The molecule has 0 saturated heterocycles. The average molecular weight is 252 g/mol. The van der Waals surface area contributed by atoms with Crippen LogP contribution in [-0.2, 0) is 9.47 Å². The van der Waals surface area contributed by atoms with Crippen LogP contribution in [0.2, 0.25) is 0 Å². The fraction of sp³-hybridized carbons (Fsp3) is 0.500. The molecule has 0 bridgehead atoms. The Morgan fingerprint density at radius 3 is 2.28 bits per heavy atom. The molecule has 0 aliphatic rings. The molecule has 0 amide bonds.